The predicted molar refractivity (Wildman–Crippen MR) is 98.8 cm³/mol. The number of hydrogen-bond acceptors (Lipinski definition) is 3. The van der Waals surface area contributed by atoms with Crippen LogP contribution in [0.15, 0.2) is 24.3 Å². The van der Waals surface area contributed by atoms with Gasteiger partial charge in [-0.2, -0.15) is 0 Å². The summed E-state index contributed by atoms with van der Waals surface area (Å²) in [4.78, 5) is 18.1. The summed E-state index contributed by atoms with van der Waals surface area (Å²) < 4.78 is 24.8. The predicted octanol–water partition coefficient (Wildman–Crippen LogP) is 2.19. The van der Waals surface area contributed by atoms with Crippen LogP contribution in [0, 0.1) is 5.92 Å². The number of amides is 1. The zero-order chi connectivity index (χ0) is 18.2. The maximum atomic E-state index is 12.7. The molecule has 0 radical (unpaired) electrons. The van der Waals surface area contributed by atoms with Crippen molar-refractivity contribution in [3.05, 3.63) is 35.5 Å². The molecule has 25 heavy (non-hydrogen) atoms. The van der Waals surface area contributed by atoms with Gasteiger partial charge in [0, 0.05) is 36.1 Å². The number of sulfonamides is 1. The molecule has 0 bridgehead atoms. The Morgan fingerprint density at radius 1 is 1.36 bits per heavy atom. The number of para-hydroxylation sites is 1. The minimum absolute atomic E-state index is 0.0121. The van der Waals surface area contributed by atoms with Crippen molar-refractivity contribution < 1.29 is 13.2 Å². The number of aromatic amines is 1. The number of nitrogens with zero attached hydrogens (tertiary/aromatic N) is 1. The van der Waals surface area contributed by atoms with E-state index in [-0.39, 0.29) is 30.8 Å². The van der Waals surface area contributed by atoms with Crippen molar-refractivity contribution in [3.63, 3.8) is 0 Å². The number of rotatable bonds is 5. The van der Waals surface area contributed by atoms with E-state index in [1.807, 2.05) is 17.0 Å². The first-order valence-corrected chi connectivity index (χ1v) is 10.5. The smallest absolute Gasteiger partial charge is 0.224 e. The fourth-order valence-corrected chi connectivity index (χ4v) is 4.20. The van der Waals surface area contributed by atoms with Gasteiger partial charge in [0.05, 0.1) is 12.3 Å². The van der Waals surface area contributed by atoms with Gasteiger partial charge in [-0.3, -0.25) is 4.79 Å². The molecule has 0 aliphatic carbocycles. The standard InChI is InChI=1S/C18H25N3O3S/c1-12(2)18-17-14(13-6-4-5-7-15(13)20-17)9-11-21(18)16(22)8-10-19-25(3,23)24/h4-7,12,18-20H,8-11H2,1-3H3. The highest BCUT2D eigenvalue weighted by Crippen LogP contribution is 2.38. The van der Waals surface area contributed by atoms with E-state index in [1.54, 1.807) is 0 Å². The fourth-order valence-electron chi connectivity index (χ4n) is 3.73. The molecule has 0 fully saturated rings. The van der Waals surface area contributed by atoms with Crippen LogP contribution < -0.4 is 4.72 Å². The molecular weight excluding hydrogens is 338 g/mol. The molecule has 7 heteroatoms. The lowest BCUT2D eigenvalue weighted by atomic mass is 9.90. The maximum Gasteiger partial charge on any atom is 0.224 e. The molecule has 2 N–H and O–H groups in total. The topological polar surface area (TPSA) is 82.3 Å². The number of H-pyrrole nitrogens is 1. The third-order valence-corrected chi connectivity index (χ3v) is 5.46. The van der Waals surface area contributed by atoms with E-state index >= 15 is 0 Å². The van der Waals surface area contributed by atoms with E-state index in [9.17, 15) is 13.2 Å². The summed E-state index contributed by atoms with van der Waals surface area (Å²) in [6, 6.07) is 8.22. The van der Waals surface area contributed by atoms with Gasteiger partial charge in [0.1, 0.15) is 0 Å². The number of carbonyl (C=O) groups excluding carboxylic acids is 1. The highest BCUT2D eigenvalue weighted by molar-refractivity contribution is 7.88. The van der Waals surface area contributed by atoms with Gasteiger partial charge in [-0.15, -0.1) is 0 Å². The summed E-state index contributed by atoms with van der Waals surface area (Å²) in [5.74, 6) is 0.248. The first-order valence-electron chi connectivity index (χ1n) is 8.61. The number of hydrogen-bond donors (Lipinski definition) is 2. The zero-order valence-corrected chi connectivity index (χ0v) is 15.7. The number of fused-ring (bicyclic) bond motifs is 3. The summed E-state index contributed by atoms with van der Waals surface area (Å²) >= 11 is 0. The summed E-state index contributed by atoms with van der Waals surface area (Å²) in [5.41, 5.74) is 3.52. The van der Waals surface area contributed by atoms with Crippen LogP contribution in [-0.2, 0) is 21.2 Å². The fraction of sp³-hybridized carbons (Fsp3) is 0.500. The van der Waals surface area contributed by atoms with E-state index in [2.05, 4.69) is 35.7 Å². The Hall–Kier alpha value is -1.86. The van der Waals surface area contributed by atoms with Crippen LogP contribution in [-0.4, -0.2) is 43.6 Å². The first kappa shape index (κ1) is 17.9. The number of benzene rings is 1. The summed E-state index contributed by atoms with van der Waals surface area (Å²) in [6.07, 6.45) is 2.09. The molecule has 136 valence electrons. The Balaban J connectivity index is 1.85. The second-order valence-electron chi connectivity index (χ2n) is 7.01. The van der Waals surface area contributed by atoms with Gasteiger partial charge in [-0.1, -0.05) is 32.0 Å². The molecular formula is C18H25N3O3S. The number of aromatic nitrogens is 1. The maximum absolute atomic E-state index is 12.7. The quantitative estimate of drug-likeness (QED) is 0.854. The summed E-state index contributed by atoms with van der Waals surface area (Å²) in [6.45, 7) is 5.02. The van der Waals surface area contributed by atoms with E-state index < -0.39 is 10.0 Å². The second kappa shape index (κ2) is 6.80. The van der Waals surface area contributed by atoms with Gasteiger partial charge in [-0.05, 0) is 24.0 Å². The molecule has 0 saturated heterocycles. The number of nitrogens with one attached hydrogen (secondary N) is 2. The Kier molecular flexibility index (Phi) is 4.88. The third kappa shape index (κ3) is 3.72. The van der Waals surface area contributed by atoms with Crippen molar-refractivity contribution in [2.75, 3.05) is 19.3 Å². The van der Waals surface area contributed by atoms with E-state index in [4.69, 9.17) is 0 Å². The van der Waals surface area contributed by atoms with Gasteiger partial charge < -0.3 is 9.88 Å². The van der Waals surface area contributed by atoms with E-state index in [0.29, 0.717) is 6.54 Å². The molecule has 2 heterocycles. The molecule has 3 rings (SSSR count). The average Bonchev–Trinajstić information content (AvgIpc) is 2.90. The molecule has 1 aliphatic rings. The first-order chi connectivity index (χ1) is 11.8. The minimum atomic E-state index is -3.27. The largest absolute Gasteiger partial charge is 0.356 e. The van der Waals surface area contributed by atoms with Gasteiger partial charge in [0.15, 0.2) is 0 Å². The molecule has 6 nitrogen and oxygen atoms in total. The van der Waals surface area contributed by atoms with Gasteiger partial charge in [0.2, 0.25) is 15.9 Å². The Labute approximate surface area is 148 Å². The van der Waals surface area contributed by atoms with Crippen molar-refractivity contribution in [2.45, 2.75) is 32.7 Å². The monoisotopic (exact) mass is 363 g/mol. The van der Waals surface area contributed by atoms with Crippen LogP contribution in [0.5, 0.6) is 0 Å². The Morgan fingerprint density at radius 2 is 2.08 bits per heavy atom. The van der Waals surface area contributed by atoms with Crippen LogP contribution in [0.2, 0.25) is 0 Å². The zero-order valence-electron chi connectivity index (χ0n) is 14.9. The average molecular weight is 363 g/mol. The summed E-state index contributed by atoms with van der Waals surface area (Å²) in [7, 11) is -3.27. The highest BCUT2D eigenvalue weighted by atomic mass is 32.2. The molecule has 0 spiro atoms. The van der Waals surface area contributed by atoms with Crippen LogP contribution in [0.1, 0.15) is 37.6 Å². The van der Waals surface area contributed by atoms with Crippen molar-refractivity contribution in [1.29, 1.82) is 0 Å². The normalized spacial score (nSPS) is 17.9. The Morgan fingerprint density at radius 3 is 2.76 bits per heavy atom. The van der Waals surface area contributed by atoms with Crippen molar-refractivity contribution in [1.82, 2.24) is 14.6 Å². The van der Waals surface area contributed by atoms with Crippen LogP contribution in [0.3, 0.4) is 0 Å². The molecule has 1 aromatic heterocycles. The lowest BCUT2D eigenvalue weighted by Crippen LogP contribution is -2.43. The molecule has 1 aliphatic heterocycles. The molecule has 1 aromatic carbocycles. The molecule has 0 saturated carbocycles. The van der Waals surface area contributed by atoms with Crippen molar-refractivity contribution >= 4 is 26.8 Å². The highest BCUT2D eigenvalue weighted by Gasteiger charge is 2.34. The van der Waals surface area contributed by atoms with Gasteiger partial charge in [-0.25, -0.2) is 13.1 Å². The summed E-state index contributed by atoms with van der Waals surface area (Å²) in [5, 5.41) is 1.23. The molecule has 1 unspecified atom stereocenters. The lowest BCUT2D eigenvalue weighted by Gasteiger charge is -2.38. The van der Waals surface area contributed by atoms with Crippen molar-refractivity contribution in [3.8, 4) is 0 Å². The molecule has 1 atom stereocenters. The van der Waals surface area contributed by atoms with Crippen LogP contribution in [0.25, 0.3) is 10.9 Å². The lowest BCUT2D eigenvalue weighted by molar-refractivity contribution is -0.135. The Bertz CT molecular complexity index is 886. The number of carbonyl (C=O) groups is 1. The van der Waals surface area contributed by atoms with Gasteiger partial charge >= 0.3 is 0 Å². The van der Waals surface area contributed by atoms with E-state index in [1.165, 1.54) is 10.9 Å². The van der Waals surface area contributed by atoms with Crippen molar-refractivity contribution in [2.24, 2.45) is 5.92 Å². The van der Waals surface area contributed by atoms with Crippen LogP contribution >= 0.6 is 0 Å². The minimum Gasteiger partial charge on any atom is -0.356 e. The molecule has 1 amide bonds. The van der Waals surface area contributed by atoms with E-state index in [0.717, 1.165) is 23.9 Å². The molecule has 2 aromatic rings. The van der Waals surface area contributed by atoms with Gasteiger partial charge in [0.25, 0.3) is 0 Å². The third-order valence-electron chi connectivity index (χ3n) is 4.74. The van der Waals surface area contributed by atoms with Crippen LogP contribution in [0.4, 0.5) is 0 Å². The second-order valence-corrected chi connectivity index (χ2v) is 8.84. The SMILES string of the molecule is CC(C)C1c2[nH]c3ccccc3c2CCN1C(=O)CCNS(C)(=O)=O.